The Morgan fingerprint density at radius 2 is 0.795 bits per heavy atom. The molecule has 0 aliphatic carbocycles. The third-order valence-electron chi connectivity index (χ3n) is 9.12. The third kappa shape index (κ3) is 4.06. The first kappa shape index (κ1) is 26.7. The number of alkyl halides is 3. The predicted octanol–water partition coefficient (Wildman–Crippen LogP) is 12.5. The van der Waals surface area contributed by atoms with Gasteiger partial charge in [0.1, 0.15) is 0 Å². The molecule has 0 aliphatic heterocycles. The van der Waals surface area contributed by atoms with E-state index < -0.39 is 11.7 Å². The second-order valence-corrected chi connectivity index (χ2v) is 12.9. The van der Waals surface area contributed by atoms with Crippen molar-refractivity contribution >= 4 is 53.9 Å². The molecule has 214 valence electrons. The molecule has 0 bridgehead atoms. The van der Waals surface area contributed by atoms with Crippen LogP contribution >= 0.6 is 0 Å². The minimum atomic E-state index is -4.38. The molecule has 0 atom stereocenters. The first-order chi connectivity index (χ1) is 21.1. The SMILES string of the molecule is CC(C)(C)c1cc2ccc3cc(-c4c5ccccc5c(-c5ccc(C(F)(F)F)cc5)c5ccccc45)cc4ccc(c1)c2c34. The average molecular weight is 579 g/mol. The van der Waals surface area contributed by atoms with E-state index in [1.807, 2.05) is 24.3 Å². The van der Waals surface area contributed by atoms with Crippen LogP contribution in [0.1, 0.15) is 31.9 Å². The van der Waals surface area contributed by atoms with Crippen molar-refractivity contribution in [3.05, 3.63) is 132 Å². The van der Waals surface area contributed by atoms with Gasteiger partial charge in [0.15, 0.2) is 0 Å². The minimum absolute atomic E-state index is 0.0618. The number of hydrogen-bond donors (Lipinski definition) is 0. The van der Waals surface area contributed by atoms with Crippen molar-refractivity contribution in [2.75, 3.05) is 0 Å². The lowest BCUT2D eigenvalue weighted by Crippen LogP contribution is -2.10. The monoisotopic (exact) mass is 578 g/mol. The lowest BCUT2D eigenvalue weighted by atomic mass is 9.82. The Kier molecular flexibility index (Phi) is 5.65. The quantitative estimate of drug-likeness (QED) is 0.141. The van der Waals surface area contributed by atoms with E-state index in [1.165, 1.54) is 50.0 Å². The van der Waals surface area contributed by atoms with Gasteiger partial charge in [-0.05, 0) is 111 Å². The molecule has 0 saturated heterocycles. The second-order valence-electron chi connectivity index (χ2n) is 12.9. The number of benzene rings is 8. The first-order valence-corrected chi connectivity index (χ1v) is 14.9. The molecular weight excluding hydrogens is 549 g/mol. The summed E-state index contributed by atoms with van der Waals surface area (Å²) in [7, 11) is 0. The lowest BCUT2D eigenvalue weighted by molar-refractivity contribution is -0.137. The van der Waals surface area contributed by atoms with E-state index in [2.05, 4.69) is 93.6 Å². The summed E-state index contributed by atoms with van der Waals surface area (Å²) in [5, 5.41) is 11.7. The molecule has 0 N–H and O–H groups in total. The zero-order valence-electron chi connectivity index (χ0n) is 24.7. The fraction of sp³-hybridized carbons (Fsp3) is 0.122. The molecule has 0 fully saturated rings. The minimum Gasteiger partial charge on any atom is -0.166 e. The summed E-state index contributed by atoms with van der Waals surface area (Å²) in [6, 6.07) is 40.2. The molecule has 0 saturated carbocycles. The molecule has 8 rings (SSSR count). The highest BCUT2D eigenvalue weighted by molar-refractivity contribution is 6.26. The van der Waals surface area contributed by atoms with Crippen molar-refractivity contribution in [1.29, 1.82) is 0 Å². The van der Waals surface area contributed by atoms with Crippen molar-refractivity contribution in [2.24, 2.45) is 0 Å². The lowest BCUT2D eigenvalue weighted by Gasteiger charge is -2.22. The van der Waals surface area contributed by atoms with Gasteiger partial charge in [-0.2, -0.15) is 13.2 Å². The van der Waals surface area contributed by atoms with Crippen LogP contribution in [0.2, 0.25) is 0 Å². The highest BCUT2D eigenvalue weighted by Crippen LogP contribution is 2.46. The van der Waals surface area contributed by atoms with Gasteiger partial charge in [-0.3, -0.25) is 0 Å². The molecule has 0 unspecified atom stereocenters. The number of rotatable bonds is 2. The Morgan fingerprint density at radius 3 is 1.18 bits per heavy atom. The number of halogens is 3. The van der Waals surface area contributed by atoms with Crippen LogP contribution in [0.5, 0.6) is 0 Å². The highest BCUT2D eigenvalue weighted by Gasteiger charge is 2.30. The summed E-state index contributed by atoms with van der Waals surface area (Å²) >= 11 is 0. The Balaban J connectivity index is 1.41. The molecular formula is C41H29F3. The van der Waals surface area contributed by atoms with Crippen LogP contribution in [0.3, 0.4) is 0 Å². The third-order valence-corrected chi connectivity index (χ3v) is 9.12. The second kappa shape index (κ2) is 9.30. The van der Waals surface area contributed by atoms with Crippen molar-refractivity contribution in [1.82, 2.24) is 0 Å². The smallest absolute Gasteiger partial charge is 0.166 e. The normalized spacial score (nSPS) is 12.8. The van der Waals surface area contributed by atoms with Gasteiger partial charge in [0, 0.05) is 0 Å². The van der Waals surface area contributed by atoms with Gasteiger partial charge in [0.25, 0.3) is 0 Å². The fourth-order valence-corrected chi connectivity index (χ4v) is 6.99. The predicted molar refractivity (Wildman–Crippen MR) is 180 cm³/mol. The standard InChI is InChI=1S/C41H29F3/c1-40(2,3)31-22-27-14-12-25-20-29(21-26-13-15-28(23-31)37(27)36(25)26)39-34-10-6-4-8-32(34)38(33-9-5-7-11-35(33)39)24-16-18-30(19-17-24)41(42,43)44/h4-23H,1-3H3. The van der Waals surface area contributed by atoms with Crippen LogP contribution in [-0.2, 0) is 11.6 Å². The summed E-state index contributed by atoms with van der Waals surface area (Å²) in [4.78, 5) is 0. The van der Waals surface area contributed by atoms with Crippen LogP contribution in [0.25, 0.3) is 76.1 Å². The van der Waals surface area contributed by atoms with Gasteiger partial charge in [-0.25, -0.2) is 0 Å². The molecule has 8 aromatic rings. The van der Waals surface area contributed by atoms with Gasteiger partial charge in [-0.15, -0.1) is 0 Å². The average Bonchev–Trinajstić information content (AvgIpc) is 3.01. The van der Waals surface area contributed by atoms with Gasteiger partial charge in [0.05, 0.1) is 5.56 Å². The molecule has 0 amide bonds. The topological polar surface area (TPSA) is 0 Å². The molecule has 0 spiro atoms. The zero-order chi connectivity index (χ0) is 30.4. The first-order valence-electron chi connectivity index (χ1n) is 14.9. The largest absolute Gasteiger partial charge is 0.416 e. The molecule has 0 heterocycles. The van der Waals surface area contributed by atoms with E-state index in [4.69, 9.17) is 0 Å². The van der Waals surface area contributed by atoms with Crippen molar-refractivity contribution in [3.8, 4) is 22.3 Å². The maximum atomic E-state index is 13.4. The van der Waals surface area contributed by atoms with E-state index >= 15 is 0 Å². The zero-order valence-corrected chi connectivity index (χ0v) is 24.7. The molecule has 8 aromatic carbocycles. The molecule has 0 radical (unpaired) electrons. The molecule has 3 heteroatoms. The van der Waals surface area contributed by atoms with Crippen LogP contribution < -0.4 is 0 Å². The van der Waals surface area contributed by atoms with E-state index in [9.17, 15) is 13.2 Å². The Labute approximate surface area is 253 Å². The number of fused-ring (bicyclic) bond motifs is 2. The van der Waals surface area contributed by atoms with Crippen molar-refractivity contribution in [2.45, 2.75) is 32.4 Å². The Hall–Kier alpha value is -4.89. The van der Waals surface area contributed by atoms with Gasteiger partial charge in [-0.1, -0.05) is 118 Å². The van der Waals surface area contributed by atoms with E-state index in [-0.39, 0.29) is 5.41 Å². The molecule has 0 aromatic heterocycles. The maximum absolute atomic E-state index is 13.4. The van der Waals surface area contributed by atoms with Gasteiger partial charge in [0.2, 0.25) is 0 Å². The summed E-state index contributed by atoms with van der Waals surface area (Å²) in [6.07, 6.45) is -4.38. The van der Waals surface area contributed by atoms with Crippen molar-refractivity contribution in [3.63, 3.8) is 0 Å². The maximum Gasteiger partial charge on any atom is 0.416 e. The summed E-state index contributed by atoms with van der Waals surface area (Å²) in [5.41, 5.74) is 4.71. The van der Waals surface area contributed by atoms with Crippen molar-refractivity contribution < 1.29 is 13.2 Å². The highest BCUT2D eigenvalue weighted by atomic mass is 19.4. The summed E-state index contributed by atoms with van der Waals surface area (Å²) in [6.45, 7) is 6.76. The Morgan fingerprint density at radius 1 is 0.409 bits per heavy atom. The van der Waals surface area contributed by atoms with Crippen LogP contribution in [0.4, 0.5) is 13.2 Å². The molecule has 44 heavy (non-hydrogen) atoms. The van der Waals surface area contributed by atoms with Gasteiger partial charge < -0.3 is 0 Å². The van der Waals surface area contributed by atoms with E-state index in [0.29, 0.717) is 0 Å². The van der Waals surface area contributed by atoms with E-state index in [0.717, 1.165) is 43.8 Å². The van der Waals surface area contributed by atoms with Crippen LogP contribution in [0.15, 0.2) is 121 Å². The number of hydrogen-bond acceptors (Lipinski definition) is 0. The summed E-state index contributed by atoms with van der Waals surface area (Å²) in [5.74, 6) is 0. The molecule has 0 aliphatic rings. The van der Waals surface area contributed by atoms with Crippen LogP contribution in [-0.4, -0.2) is 0 Å². The van der Waals surface area contributed by atoms with Crippen LogP contribution in [0, 0.1) is 0 Å². The van der Waals surface area contributed by atoms with E-state index in [1.54, 1.807) is 12.1 Å². The van der Waals surface area contributed by atoms with Gasteiger partial charge >= 0.3 is 6.18 Å². The fourth-order valence-electron chi connectivity index (χ4n) is 6.99. The molecule has 0 nitrogen and oxygen atoms in total. The Bertz CT molecular complexity index is 2260. The summed E-state index contributed by atoms with van der Waals surface area (Å²) < 4.78 is 40.2.